The van der Waals surface area contributed by atoms with Gasteiger partial charge in [-0.1, -0.05) is 24.3 Å². The van der Waals surface area contributed by atoms with E-state index in [4.69, 9.17) is 0 Å². The van der Waals surface area contributed by atoms with Crippen molar-refractivity contribution in [1.82, 2.24) is 14.9 Å². The van der Waals surface area contributed by atoms with E-state index in [1.54, 1.807) is 18.5 Å². The van der Waals surface area contributed by atoms with Crippen molar-refractivity contribution < 1.29 is 14.3 Å². The van der Waals surface area contributed by atoms with Gasteiger partial charge in [0.1, 0.15) is 12.4 Å². The molecule has 0 spiro atoms. The third-order valence-electron chi connectivity index (χ3n) is 5.01. The third kappa shape index (κ3) is 3.32. The van der Waals surface area contributed by atoms with Gasteiger partial charge in [0.25, 0.3) is 0 Å². The lowest BCUT2D eigenvalue weighted by molar-refractivity contribution is -0.123. The van der Waals surface area contributed by atoms with Crippen LogP contribution in [0.4, 0.5) is 4.39 Å². The zero-order chi connectivity index (χ0) is 18.1. The Labute approximate surface area is 150 Å². The Hall–Kier alpha value is -2.73. The van der Waals surface area contributed by atoms with Gasteiger partial charge in [0.05, 0.1) is 29.5 Å². The first-order chi connectivity index (χ1) is 12.6. The van der Waals surface area contributed by atoms with Gasteiger partial charge in [-0.05, 0) is 48.6 Å². The number of benzene rings is 2. The van der Waals surface area contributed by atoms with Gasteiger partial charge in [-0.15, -0.1) is 0 Å². The number of para-hydroxylation sites is 2. The molecule has 1 saturated carbocycles. The van der Waals surface area contributed by atoms with E-state index in [0.29, 0.717) is 12.8 Å². The highest BCUT2D eigenvalue weighted by atomic mass is 19.1. The summed E-state index contributed by atoms with van der Waals surface area (Å²) in [7, 11) is 0. The van der Waals surface area contributed by atoms with Crippen LogP contribution in [0.15, 0.2) is 54.9 Å². The second-order valence-corrected chi connectivity index (χ2v) is 6.84. The maximum Gasteiger partial charge on any atom is 0.240 e. The van der Waals surface area contributed by atoms with Crippen molar-refractivity contribution in [2.24, 2.45) is 5.92 Å². The fourth-order valence-corrected chi connectivity index (χ4v) is 3.56. The first-order valence-corrected chi connectivity index (χ1v) is 8.73. The number of aliphatic hydroxyl groups is 1. The number of amides is 1. The fraction of sp³-hybridized carbons (Fsp3) is 0.300. The van der Waals surface area contributed by atoms with Crippen LogP contribution in [-0.4, -0.2) is 26.7 Å². The molecule has 1 amide bonds. The van der Waals surface area contributed by atoms with E-state index in [1.165, 1.54) is 12.1 Å². The highest BCUT2D eigenvalue weighted by Crippen LogP contribution is 2.38. The standard InChI is InChI=1S/C20H20FN3O2/c21-15-7-5-13(6-8-15)20(14-9-16(25)10-14)23-19(26)11-24-12-22-17-3-1-2-4-18(17)24/h1-8,12,14,16,20,25H,9-11H2,(H,23,26). The van der Waals surface area contributed by atoms with E-state index in [1.807, 2.05) is 28.8 Å². The van der Waals surface area contributed by atoms with Crippen molar-refractivity contribution in [1.29, 1.82) is 0 Å². The number of nitrogens with zero attached hydrogens (tertiary/aromatic N) is 2. The number of halogens is 1. The number of imidazole rings is 1. The number of carbonyl (C=O) groups excluding carboxylic acids is 1. The van der Waals surface area contributed by atoms with E-state index in [0.717, 1.165) is 16.6 Å². The van der Waals surface area contributed by atoms with Gasteiger partial charge >= 0.3 is 0 Å². The lowest BCUT2D eigenvalue weighted by Gasteiger charge is -2.38. The second-order valence-electron chi connectivity index (χ2n) is 6.84. The molecule has 0 saturated heterocycles. The predicted molar refractivity (Wildman–Crippen MR) is 95.7 cm³/mol. The smallest absolute Gasteiger partial charge is 0.240 e. The first-order valence-electron chi connectivity index (χ1n) is 8.73. The molecule has 1 unspecified atom stereocenters. The summed E-state index contributed by atoms with van der Waals surface area (Å²) in [5, 5.41) is 12.7. The van der Waals surface area contributed by atoms with Crippen LogP contribution in [0.25, 0.3) is 11.0 Å². The molecule has 26 heavy (non-hydrogen) atoms. The van der Waals surface area contributed by atoms with Crippen molar-refractivity contribution in [2.45, 2.75) is 31.5 Å². The Kier molecular flexibility index (Phi) is 4.42. The zero-order valence-electron chi connectivity index (χ0n) is 14.2. The van der Waals surface area contributed by atoms with Crippen molar-refractivity contribution in [3.8, 4) is 0 Å². The largest absolute Gasteiger partial charge is 0.393 e. The lowest BCUT2D eigenvalue weighted by atomic mass is 9.75. The lowest BCUT2D eigenvalue weighted by Crippen LogP contribution is -2.42. The van der Waals surface area contributed by atoms with Gasteiger partial charge in [0.2, 0.25) is 5.91 Å². The zero-order valence-corrected chi connectivity index (χ0v) is 14.2. The molecular weight excluding hydrogens is 333 g/mol. The minimum atomic E-state index is -0.322. The molecule has 4 rings (SSSR count). The monoisotopic (exact) mass is 353 g/mol. The second kappa shape index (κ2) is 6.88. The molecule has 1 aliphatic carbocycles. The number of carbonyl (C=O) groups is 1. The maximum absolute atomic E-state index is 13.2. The summed E-state index contributed by atoms with van der Waals surface area (Å²) in [4.78, 5) is 16.9. The van der Waals surface area contributed by atoms with Crippen LogP contribution in [0, 0.1) is 11.7 Å². The summed E-state index contributed by atoms with van der Waals surface area (Å²) in [6, 6.07) is 13.6. The summed E-state index contributed by atoms with van der Waals surface area (Å²) in [5.41, 5.74) is 2.60. The third-order valence-corrected chi connectivity index (χ3v) is 5.01. The normalized spacial score (nSPS) is 20.5. The molecule has 2 N–H and O–H groups in total. The molecule has 3 aromatic rings. The van der Waals surface area contributed by atoms with Crippen LogP contribution in [0.5, 0.6) is 0 Å². The average Bonchev–Trinajstić information content (AvgIpc) is 3.01. The summed E-state index contributed by atoms with van der Waals surface area (Å²) in [6.07, 6.45) is 2.61. The number of hydrogen-bond donors (Lipinski definition) is 2. The van der Waals surface area contributed by atoms with Gasteiger partial charge in [0.15, 0.2) is 0 Å². The first kappa shape index (κ1) is 16.7. The highest BCUT2D eigenvalue weighted by Gasteiger charge is 2.35. The molecule has 6 heteroatoms. The molecule has 1 aliphatic rings. The Balaban J connectivity index is 1.51. The van der Waals surface area contributed by atoms with Gasteiger partial charge < -0.3 is 15.0 Å². The minimum Gasteiger partial charge on any atom is -0.393 e. The van der Waals surface area contributed by atoms with Crippen molar-refractivity contribution in [2.75, 3.05) is 0 Å². The highest BCUT2D eigenvalue weighted by molar-refractivity contribution is 5.80. The van der Waals surface area contributed by atoms with E-state index in [9.17, 15) is 14.3 Å². The Morgan fingerprint density at radius 2 is 1.96 bits per heavy atom. The Morgan fingerprint density at radius 3 is 2.69 bits per heavy atom. The molecular formula is C20H20FN3O2. The average molecular weight is 353 g/mol. The Bertz CT molecular complexity index is 916. The number of aromatic nitrogens is 2. The van der Waals surface area contributed by atoms with Gasteiger partial charge in [-0.25, -0.2) is 9.37 Å². The van der Waals surface area contributed by atoms with E-state index in [-0.39, 0.29) is 36.3 Å². The van der Waals surface area contributed by atoms with Crippen LogP contribution in [0.2, 0.25) is 0 Å². The minimum absolute atomic E-state index is 0.135. The molecule has 1 atom stereocenters. The van der Waals surface area contributed by atoms with E-state index >= 15 is 0 Å². The molecule has 5 nitrogen and oxygen atoms in total. The molecule has 0 radical (unpaired) electrons. The van der Waals surface area contributed by atoms with Crippen LogP contribution < -0.4 is 5.32 Å². The quantitative estimate of drug-likeness (QED) is 0.741. The SMILES string of the molecule is O=C(Cn1cnc2ccccc21)NC(c1ccc(F)cc1)C1CC(O)C1. The molecule has 1 aromatic heterocycles. The molecule has 2 aromatic carbocycles. The fourth-order valence-electron chi connectivity index (χ4n) is 3.56. The van der Waals surface area contributed by atoms with Gasteiger partial charge in [-0.3, -0.25) is 4.79 Å². The predicted octanol–water partition coefficient (Wildman–Crippen LogP) is 2.80. The van der Waals surface area contributed by atoms with Crippen LogP contribution in [0.3, 0.4) is 0 Å². The van der Waals surface area contributed by atoms with Crippen LogP contribution in [0.1, 0.15) is 24.4 Å². The van der Waals surface area contributed by atoms with E-state index < -0.39 is 0 Å². The molecule has 1 fully saturated rings. The van der Waals surface area contributed by atoms with Crippen LogP contribution >= 0.6 is 0 Å². The summed E-state index contributed by atoms with van der Waals surface area (Å²) < 4.78 is 15.0. The molecule has 0 bridgehead atoms. The van der Waals surface area contributed by atoms with Crippen molar-refractivity contribution in [3.05, 3.63) is 66.2 Å². The topological polar surface area (TPSA) is 67.2 Å². The molecule has 0 aliphatic heterocycles. The number of nitrogens with one attached hydrogen (secondary N) is 1. The summed E-state index contributed by atoms with van der Waals surface area (Å²) in [5.74, 6) is -0.292. The number of fused-ring (bicyclic) bond motifs is 1. The maximum atomic E-state index is 13.2. The number of rotatable bonds is 5. The molecule has 134 valence electrons. The van der Waals surface area contributed by atoms with Crippen molar-refractivity contribution in [3.63, 3.8) is 0 Å². The van der Waals surface area contributed by atoms with Crippen LogP contribution in [-0.2, 0) is 11.3 Å². The van der Waals surface area contributed by atoms with Gasteiger partial charge in [-0.2, -0.15) is 0 Å². The van der Waals surface area contributed by atoms with Crippen molar-refractivity contribution >= 4 is 16.9 Å². The summed E-state index contributed by atoms with van der Waals surface area (Å²) in [6.45, 7) is 0.160. The van der Waals surface area contributed by atoms with Gasteiger partial charge in [0, 0.05) is 0 Å². The number of aliphatic hydroxyl groups excluding tert-OH is 1. The summed E-state index contributed by atoms with van der Waals surface area (Å²) >= 11 is 0. The molecule has 1 heterocycles. The Morgan fingerprint density at radius 1 is 1.23 bits per heavy atom. The van der Waals surface area contributed by atoms with E-state index in [2.05, 4.69) is 10.3 Å². The number of hydrogen-bond acceptors (Lipinski definition) is 3.